The van der Waals surface area contributed by atoms with Gasteiger partial charge in [0.2, 0.25) is 5.95 Å². The normalized spacial score (nSPS) is 11.9. The highest BCUT2D eigenvalue weighted by Crippen LogP contribution is 2.27. The van der Waals surface area contributed by atoms with Gasteiger partial charge in [0.05, 0.1) is 0 Å². The standard InChI is InChI=1S/C15H18N4S/c1-11-6-4-8-19-13(11)17-14(18-19)16-10-15(2,3)12-7-5-9-20-12/h4-9H,10H2,1-3H3,(H,16,18). The lowest BCUT2D eigenvalue weighted by Gasteiger charge is -2.23. The molecule has 0 aromatic carbocycles. The summed E-state index contributed by atoms with van der Waals surface area (Å²) in [5.74, 6) is 0.684. The van der Waals surface area contributed by atoms with Crippen LogP contribution in [-0.2, 0) is 5.41 Å². The van der Waals surface area contributed by atoms with Crippen molar-refractivity contribution in [2.75, 3.05) is 11.9 Å². The second-order valence-electron chi connectivity index (χ2n) is 5.61. The quantitative estimate of drug-likeness (QED) is 0.798. The molecule has 3 heterocycles. The molecule has 0 aliphatic heterocycles. The van der Waals surface area contributed by atoms with E-state index in [2.05, 4.69) is 46.8 Å². The molecular weight excluding hydrogens is 268 g/mol. The molecule has 0 saturated heterocycles. The molecule has 0 fully saturated rings. The Balaban J connectivity index is 1.79. The van der Waals surface area contributed by atoms with Crippen LogP contribution < -0.4 is 5.32 Å². The van der Waals surface area contributed by atoms with Crippen molar-refractivity contribution < 1.29 is 0 Å². The molecule has 0 atom stereocenters. The monoisotopic (exact) mass is 286 g/mol. The van der Waals surface area contributed by atoms with Crippen LogP contribution in [0.4, 0.5) is 5.95 Å². The highest BCUT2D eigenvalue weighted by atomic mass is 32.1. The van der Waals surface area contributed by atoms with Crippen molar-refractivity contribution in [3.05, 3.63) is 46.3 Å². The molecule has 3 aromatic heterocycles. The molecule has 0 saturated carbocycles. The minimum Gasteiger partial charge on any atom is -0.352 e. The van der Waals surface area contributed by atoms with Gasteiger partial charge < -0.3 is 5.32 Å². The highest BCUT2D eigenvalue weighted by molar-refractivity contribution is 7.10. The van der Waals surface area contributed by atoms with Crippen LogP contribution in [0.2, 0.25) is 0 Å². The summed E-state index contributed by atoms with van der Waals surface area (Å²) < 4.78 is 1.82. The first-order valence-corrected chi connectivity index (χ1v) is 7.54. The largest absolute Gasteiger partial charge is 0.352 e. The van der Waals surface area contributed by atoms with E-state index < -0.39 is 0 Å². The van der Waals surface area contributed by atoms with Crippen molar-refractivity contribution in [2.45, 2.75) is 26.2 Å². The lowest BCUT2D eigenvalue weighted by Crippen LogP contribution is -2.26. The number of nitrogens with zero attached hydrogens (tertiary/aromatic N) is 3. The highest BCUT2D eigenvalue weighted by Gasteiger charge is 2.22. The zero-order valence-corrected chi connectivity index (χ0v) is 12.7. The van der Waals surface area contributed by atoms with Crippen molar-refractivity contribution >= 4 is 22.9 Å². The molecule has 104 valence electrons. The van der Waals surface area contributed by atoms with E-state index in [0.29, 0.717) is 5.95 Å². The molecular formula is C15H18N4S. The van der Waals surface area contributed by atoms with Gasteiger partial charge in [-0.15, -0.1) is 16.4 Å². The summed E-state index contributed by atoms with van der Waals surface area (Å²) >= 11 is 1.79. The van der Waals surface area contributed by atoms with Crippen molar-refractivity contribution in [1.82, 2.24) is 14.6 Å². The lowest BCUT2D eigenvalue weighted by molar-refractivity contribution is 0.567. The van der Waals surface area contributed by atoms with E-state index in [1.54, 1.807) is 11.3 Å². The van der Waals surface area contributed by atoms with E-state index in [0.717, 1.165) is 17.8 Å². The zero-order chi connectivity index (χ0) is 14.2. The van der Waals surface area contributed by atoms with Crippen LogP contribution in [0.3, 0.4) is 0 Å². The van der Waals surface area contributed by atoms with E-state index >= 15 is 0 Å². The van der Waals surface area contributed by atoms with Crippen LogP contribution in [0.25, 0.3) is 5.65 Å². The Kier molecular flexibility index (Phi) is 3.22. The van der Waals surface area contributed by atoms with Gasteiger partial charge in [-0.1, -0.05) is 26.0 Å². The average molecular weight is 286 g/mol. The predicted molar refractivity (Wildman–Crippen MR) is 83.6 cm³/mol. The molecule has 3 aromatic rings. The number of pyridine rings is 1. The van der Waals surface area contributed by atoms with Gasteiger partial charge in [0.25, 0.3) is 0 Å². The summed E-state index contributed by atoms with van der Waals surface area (Å²) in [7, 11) is 0. The van der Waals surface area contributed by atoms with E-state index in [1.165, 1.54) is 4.88 Å². The van der Waals surface area contributed by atoms with Crippen molar-refractivity contribution in [3.63, 3.8) is 0 Å². The molecule has 3 rings (SSSR count). The minimum absolute atomic E-state index is 0.0701. The van der Waals surface area contributed by atoms with Gasteiger partial charge >= 0.3 is 0 Å². The summed E-state index contributed by atoms with van der Waals surface area (Å²) in [6, 6.07) is 8.29. The van der Waals surface area contributed by atoms with Crippen LogP contribution in [-0.4, -0.2) is 21.1 Å². The van der Waals surface area contributed by atoms with E-state index in [-0.39, 0.29) is 5.41 Å². The molecule has 0 amide bonds. The number of aromatic nitrogens is 3. The third kappa shape index (κ3) is 2.41. The van der Waals surface area contributed by atoms with Gasteiger partial charge in [0, 0.05) is 23.0 Å². The first kappa shape index (κ1) is 13.1. The smallest absolute Gasteiger partial charge is 0.243 e. The van der Waals surface area contributed by atoms with Crippen LogP contribution in [0.15, 0.2) is 35.8 Å². The third-order valence-electron chi connectivity index (χ3n) is 3.43. The lowest BCUT2D eigenvalue weighted by atomic mass is 9.91. The summed E-state index contributed by atoms with van der Waals surface area (Å²) in [4.78, 5) is 5.91. The fourth-order valence-corrected chi connectivity index (χ4v) is 3.02. The molecule has 0 unspecified atom stereocenters. The first-order chi connectivity index (χ1) is 9.56. The topological polar surface area (TPSA) is 42.2 Å². The summed E-state index contributed by atoms with van der Waals surface area (Å²) in [5, 5.41) is 9.92. The Morgan fingerprint density at radius 2 is 2.15 bits per heavy atom. The fourth-order valence-electron chi connectivity index (χ4n) is 2.17. The number of rotatable bonds is 4. The number of nitrogens with one attached hydrogen (secondary N) is 1. The Labute approximate surface area is 122 Å². The number of hydrogen-bond acceptors (Lipinski definition) is 4. The van der Waals surface area contributed by atoms with Gasteiger partial charge in [0.15, 0.2) is 5.65 Å². The average Bonchev–Trinajstić information content (AvgIpc) is 3.06. The SMILES string of the molecule is Cc1cccn2nc(NCC(C)(C)c3cccs3)nc12. The number of anilines is 1. The zero-order valence-electron chi connectivity index (χ0n) is 11.9. The maximum Gasteiger partial charge on any atom is 0.243 e. The second-order valence-corrected chi connectivity index (χ2v) is 6.56. The van der Waals surface area contributed by atoms with Crippen molar-refractivity contribution in [3.8, 4) is 0 Å². The van der Waals surface area contributed by atoms with Gasteiger partial charge in [-0.3, -0.25) is 0 Å². The van der Waals surface area contributed by atoms with Gasteiger partial charge in [-0.25, -0.2) is 4.52 Å². The maximum absolute atomic E-state index is 4.54. The summed E-state index contributed by atoms with van der Waals surface area (Å²) in [6.07, 6.45) is 1.92. The van der Waals surface area contributed by atoms with E-state index in [4.69, 9.17) is 0 Å². The van der Waals surface area contributed by atoms with Crippen LogP contribution >= 0.6 is 11.3 Å². The summed E-state index contributed by atoms with van der Waals surface area (Å²) in [5.41, 5.74) is 2.11. The molecule has 0 aliphatic rings. The Morgan fingerprint density at radius 3 is 2.85 bits per heavy atom. The van der Waals surface area contributed by atoms with Gasteiger partial charge in [-0.2, -0.15) is 4.98 Å². The first-order valence-electron chi connectivity index (χ1n) is 6.66. The van der Waals surface area contributed by atoms with Gasteiger partial charge in [0.1, 0.15) is 0 Å². The van der Waals surface area contributed by atoms with Gasteiger partial charge in [-0.05, 0) is 30.0 Å². The third-order valence-corrected chi connectivity index (χ3v) is 4.67. The fraction of sp³-hybridized carbons (Fsp3) is 0.333. The maximum atomic E-state index is 4.54. The van der Waals surface area contributed by atoms with E-state index in [9.17, 15) is 0 Å². The second kappa shape index (κ2) is 4.90. The molecule has 5 heteroatoms. The number of fused-ring (bicyclic) bond motifs is 1. The number of hydrogen-bond donors (Lipinski definition) is 1. The molecule has 0 aliphatic carbocycles. The Hall–Kier alpha value is -1.88. The number of aryl methyl sites for hydroxylation is 1. The summed E-state index contributed by atoms with van der Waals surface area (Å²) in [6.45, 7) is 7.31. The molecule has 20 heavy (non-hydrogen) atoms. The van der Waals surface area contributed by atoms with Crippen LogP contribution in [0, 0.1) is 6.92 Å². The molecule has 0 bridgehead atoms. The molecule has 1 N–H and O–H groups in total. The Bertz CT molecular complexity index is 713. The van der Waals surface area contributed by atoms with Crippen LogP contribution in [0.5, 0.6) is 0 Å². The predicted octanol–water partition coefficient (Wildman–Crippen LogP) is 3.49. The minimum atomic E-state index is 0.0701. The number of thiophene rings is 1. The van der Waals surface area contributed by atoms with E-state index in [1.807, 2.05) is 29.8 Å². The molecule has 4 nitrogen and oxygen atoms in total. The Morgan fingerprint density at radius 1 is 1.30 bits per heavy atom. The van der Waals surface area contributed by atoms with Crippen LogP contribution in [0.1, 0.15) is 24.3 Å². The van der Waals surface area contributed by atoms with Crippen molar-refractivity contribution in [2.24, 2.45) is 0 Å². The molecule has 0 radical (unpaired) electrons. The molecule has 0 spiro atoms. The van der Waals surface area contributed by atoms with Crippen molar-refractivity contribution in [1.29, 1.82) is 0 Å².